The zero-order valence-electron chi connectivity index (χ0n) is 24.6. The highest BCUT2D eigenvalue weighted by molar-refractivity contribution is 5.94. The maximum atomic E-state index is 13.1. The first-order valence-corrected chi connectivity index (χ1v) is 15.2. The van der Waals surface area contributed by atoms with Crippen LogP contribution in [0.1, 0.15) is 69.6 Å². The summed E-state index contributed by atoms with van der Waals surface area (Å²) in [5.41, 5.74) is -0.534. The fourth-order valence-electron chi connectivity index (χ4n) is 7.72. The predicted octanol–water partition coefficient (Wildman–Crippen LogP) is 4.74. The molecule has 6 N–H and O–H groups in total. The Bertz CT molecular complexity index is 1460. The lowest BCUT2D eigenvalue weighted by atomic mass is 9.54. The van der Waals surface area contributed by atoms with Crippen LogP contribution in [0.2, 0.25) is 0 Å². The van der Waals surface area contributed by atoms with E-state index in [1.54, 1.807) is 0 Å². The van der Waals surface area contributed by atoms with E-state index in [4.69, 9.17) is 14.2 Å². The molecule has 0 saturated heterocycles. The van der Waals surface area contributed by atoms with Crippen LogP contribution in [0, 0.1) is 23.7 Å². The van der Waals surface area contributed by atoms with E-state index in [-0.39, 0.29) is 40.4 Å². The first-order chi connectivity index (χ1) is 22.0. The van der Waals surface area contributed by atoms with E-state index >= 15 is 0 Å². The van der Waals surface area contributed by atoms with Crippen molar-refractivity contribution in [3.8, 4) is 34.5 Å². The van der Waals surface area contributed by atoms with Gasteiger partial charge in [-0.15, -0.1) is 0 Å². The lowest BCUT2D eigenvalue weighted by Crippen LogP contribution is -2.51. The Hall–Kier alpha value is -5.13. The quantitative estimate of drug-likeness (QED) is 0.124. The number of aromatic hydroxyl groups is 6. The minimum Gasteiger partial charge on any atom is -0.504 e. The molecule has 6 rings (SSSR count). The maximum Gasteiger partial charge on any atom is 0.342 e. The Kier molecular flexibility index (Phi) is 8.28. The maximum absolute atomic E-state index is 13.1. The largest absolute Gasteiger partial charge is 0.504 e. The van der Waals surface area contributed by atoms with Gasteiger partial charge in [0.2, 0.25) is 0 Å². The number of phenolic OH excluding ortho intramolecular Hbond substituents is 6. The molecule has 3 aromatic carbocycles. The van der Waals surface area contributed by atoms with E-state index in [0.29, 0.717) is 38.5 Å². The number of carbonyl (C=O) groups is 3. The van der Waals surface area contributed by atoms with Crippen molar-refractivity contribution in [1.82, 2.24) is 0 Å². The molecule has 12 heteroatoms. The van der Waals surface area contributed by atoms with Gasteiger partial charge in [0.25, 0.3) is 0 Å². The monoisotopic (exact) mass is 634 g/mol. The molecule has 0 bridgehead atoms. The summed E-state index contributed by atoms with van der Waals surface area (Å²) in [6.07, 6.45) is 0.963. The Morgan fingerprint density at radius 3 is 0.978 bits per heavy atom. The van der Waals surface area contributed by atoms with Gasteiger partial charge in [-0.2, -0.15) is 0 Å². The number of hydrogen-bond acceptors (Lipinski definition) is 12. The summed E-state index contributed by atoms with van der Waals surface area (Å²) in [6.45, 7) is 0. The first kappa shape index (κ1) is 30.9. The van der Waals surface area contributed by atoms with Crippen molar-refractivity contribution in [2.45, 2.75) is 56.8 Å². The van der Waals surface area contributed by atoms with E-state index < -0.39 is 70.7 Å². The van der Waals surface area contributed by atoms with Crippen molar-refractivity contribution in [1.29, 1.82) is 0 Å². The number of rotatable bonds is 6. The molecule has 3 aromatic rings. The van der Waals surface area contributed by atoms with E-state index in [1.807, 2.05) is 0 Å². The normalized spacial score (nSPS) is 26.7. The topological polar surface area (TPSA) is 200 Å². The third-order valence-electron chi connectivity index (χ3n) is 9.55. The molecule has 3 aliphatic carbocycles. The zero-order valence-corrected chi connectivity index (χ0v) is 24.6. The van der Waals surface area contributed by atoms with E-state index in [2.05, 4.69) is 0 Å². The second-order valence-corrected chi connectivity index (χ2v) is 12.4. The van der Waals surface area contributed by atoms with Crippen LogP contribution in [0.5, 0.6) is 34.5 Å². The van der Waals surface area contributed by atoms with Crippen molar-refractivity contribution in [2.24, 2.45) is 23.7 Å². The van der Waals surface area contributed by atoms with Crippen LogP contribution in [0.25, 0.3) is 0 Å². The van der Waals surface area contributed by atoms with Crippen LogP contribution in [-0.4, -0.2) is 66.9 Å². The molecule has 3 fully saturated rings. The van der Waals surface area contributed by atoms with Crippen molar-refractivity contribution < 1.29 is 59.2 Å². The molecule has 3 saturated carbocycles. The molecule has 46 heavy (non-hydrogen) atoms. The van der Waals surface area contributed by atoms with Crippen molar-refractivity contribution >= 4 is 17.9 Å². The smallest absolute Gasteiger partial charge is 0.342 e. The molecule has 0 radical (unpaired) electrons. The molecular formula is C34H34O12. The summed E-state index contributed by atoms with van der Waals surface area (Å²) in [5.74, 6) is -5.50. The Balaban J connectivity index is 1.23. The van der Waals surface area contributed by atoms with E-state index in [1.165, 1.54) is 54.6 Å². The molecule has 0 atom stereocenters. The molecule has 0 spiro atoms. The van der Waals surface area contributed by atoms with Gasteiger partial charge in [0.1, 0.15) is 35.0 Å². The van der Waals surface area contributed by atoms with E-state index in [0.717, 1.165) is 0 Å². The number of hydrogen-bond donors (Lipinski definition) is 6. The minimum atomic E-state index is -0.801. The first-order valence-electron chi connectivity index (χ1n) is 15.2. The molecule has 12 nitrogen and oxygen atoms in total. The average Bonchev–Trinajstić information content (AvgIpc) is 3.00. The zero-order chi connectivity index (χ0) is 32.7. The molecule has 0 amide bonds. The number of para-hydroxylation sites is 3. The fourth-order valence-corrected chi connectivity index (χ4v) is 7.72. The second kappa shape index (κ2) is 12.3. The summed E-state index contributed by atoms with van der Waals surface area (Å²) < 4.78 is 17.5. The summed E-state index contributed by atoms with van der Waals surface area (Å²) >= 11 is 0. The highest BCUT2D eigenvalue weighted by Gasteiger charge is 2.52. The van der Waals surface area contributed by atoms with Gasteiger partial charge in [-0.1, -0.05) is 18.2 Å². The Morgan fingerprint density at radius 2 is 0.717 bits per heavy atom. The summed E-state index contributed by atoms with van der Waals surface area (Å²) in [6, 6.07) is 12.0. The predicted molar refractivity (Wildman–Crippen MR) is 159 cm³/mol. The van der Waals surface area contributed by atoms with Crippen LogP contribution in [0.3, 0.4) is 0 Å². The number of benzene rings is 3. The molecule has 0 unspecified atom stereocenters. The minimum absolute atomic E-state index is 0.0459. The molecule has 0 heterocycles. The Morgan fingerprint density at radius 1 is 0.457 bits per heavy atom. The molecule has 242 valence electrons. The SMILES string of the molecule is O=C(OC1CC2CC(OC(=O)c3cccc(O)c3O)CC3CC(OC(=O)c4cccc(O)c4O)CC(C1)C23)c1cccc(O)c1O. The van der Waals surface area contributed by atoms with Crippen LogP contribution in [0.4, 0.5) is 0 Å². The third-order valence-corrected chi connectivity index (χ3v) is 9.55. The van der Waals surface area contributed by atoms with Crippen LogP contribution in [-0.2, 0) is 14.2 Å². The van der Waals surface area contributed by atoms with Gasteiger partial charge in [-0.25, -0.2) is 14.4 Å². The van der Waals surface area contributed by atoms with Gasteiger partial charge >= 0.3 is 17.9 Å². The highest BCUT2D eigenvalue weighted by atomic mass is 16.6. The molecule has 0 aromatic heterocycles. The van der Waals surface area contributed by atoms with Gasteiger partial charge in [-0.3, -0.25) is 0 Å². The van der Waals surface area contributed by atoms with E-state index in [9.17, 15) is 45.0 Å². The number of carbonyl (C=O) groups excluding carboxylic acids is 3. The summed E-state index contributed by atoms with van der Waals surface area (Å²) in [4.78, 5) is 39.2. The summed E-state index contributed by atoms with van der Waals surface area (Å²) in [7, 11) is 0. The Labute approximate surface area is 263 Å². The fraction of sp³-hybridized carbons (Fsp3) is 0.382. The summed E-state index contributed by atoms with van der Waals surface area (Å²) in [5, 5.41) is 60.2. The van der Waals surface area contributed by atoms with Gasteiger partial charge < -0.3 is 44.8 Å². The van der Waals surface area contributed by atoms with Crippen molar-refractivity contribution in [2.75, 3.05) is 0 Å². The molecule has 0 aliphatic heterocycles. The van der Waals surface area contributed by atoms with Gasteiger partial charge in [-0.05, 0) is 98.6 Å². The van der Waals surface area contributed by atoms with Gasteiger partial charge in [0.15, 0.2) is 34.5 Å². The number of esters is 3. The standard InChI is InChI=1S/C34H34O12/c35-25-7-1-4-22(29(25)38)32(41)44-19-10-16-12-20(45-33(42)23-5-2-8-26(36)30(23)39)14-18-15-21(13-17(11-19)28(16)18)46-34(43)24-6-3-9-27(37)31(24)40/h1-9,16-21,28,35-40H,10-15H2. The molecule has 3 aliphatic rings. The van der Waals surface area contributed by atoms with Gasteiger partial charge in [0, 0.05) is 0 Å². The highest BCUT2D eigenvalue weighted by Crippen LogP contribution is 2.54. The number of phenols is 6. The van der Waals surface area contributed by atoms with Crippen molar-refractivity contribution in [3.63, 3.8) is 0 Å². The van der Waals surface area contributed by atoms with Crippen LogP contribution in [0.15, 0.2) is 54.6 Å². The third kappa shape index (κ3) is 5.94. The number of ether oxygens (including phenoxy) is 3. The average molecular weight is 635 g/mol. The van der Waals surface area contributed by atoms with Crippen LogP contribution >= 0.6 is 0 Å². The van der Waals surface area contributed by atoms with Crippen LogP contribution < -0.4 is 0 Å². The lowest BCUT2D eigenvalue weighted by Gasteiger charge is -2.53. The second-order valence-electron chi connectivity index (χ2n) is 12.4. The van der Waals surface area contributed by atoms with Crippen molar-refractivity contribution in [3.05, 3.63) is 71.3 Å². The molecular weight excluding hydrogens is 600 g/mol. The van der Waals surface area contributed by atoms with Gasteiger partial charge in [0.05, 0.1) is 0 Å². The lowest BCUT2D eigenvalue weighted by molar-refractivity contribution is -0.112.